The van der Waals surface area contributed by atoms with E-state index in [0.717, 1.165) is 46.9 Å². The monoisotopic (exact) mass is 469 g/mol. The molecule has 0 bridgehead atoms. The largest absolute Gasteiger partial charge is 0.361 e. The Morgan fingerprint density at radius 2 is 1.80 bits per heavy atom. The molecular weight excluding hydrogens is 442 g/mol. The number of benzene rings is 2. The van der Waals surface area contributed by atoms with E-state index in [2.05, 4.69) is 26.7 Å². The van der Waals surface area contributed by atoms with Gasteiger partial charge in [-0.25, -0.2) is 4.79 Å². The van der Waals surface area contributed by atoms with Gasteiger partial charge in [-0.15, -0.1) is 0 Å². The summed E-state index contributed by atoms with van der Waals surface area (Å²) in [6.07, 6.45) is 5.20. The maximum Gasteiger partial charge on any atom is 0.324 e. The molecule has 8 heteroatoms. The Kier molecular flexibility index (Phi) is 5.28. The summed E-state index contributed by atoms with van der Waals surface area (Å²) in [6.45, 7) is 0.270. The molecular formula is C27H27N5O3. The molecule has 178 valence electrons. The van der Waals surface area contributed by atoms with Crippen LogP contribution in [0.2, 0.25) is 0 Å². The summed E-state index contributed by atoms with van der Waals surface area (Å²) >= 11 is 0. The molecule has 2 aliphatic rings. The molecule has 2 aromatic carbocycles. The second kappa shape index (κ2) is 8.61. The molecule has 0 unspecified atom stereocenters. The number of aromatic nitrogens is 2. The Balaban J connectivity index is 1.10. The number of aryl methyl sites for hydroxylation is 1. The number of imide groups is 1. The molecule has 0 saturated carbocycles. The third-order valence-corrected chi connectivity index (χ3v) is 7.23. The minimum absolute atomic E-state index is 0.0692. The summed E-state index contributed by atoms with van der Waals surface area (Å²) in [7, 11) is 0. The molecule has 6 rings (SSSR count). The molecule has 4 N–H and O–H groups in total. The highest BCUT2D eigenvalue weighted by Gasteiger charge is 2.39. The van der Waals surface area contributed by atoms with E-state index in [1.165, 1.54) is 15.8 Å². The lowest BCUT2D eigenvalue weighted by molar-refractivity contribution is -0.131. The van der Waals surface area contributed by atoms with Crippen LogP contribution in [0.5, 0.6) is 0 Å². The number of para-hydroxylation sites is 2. The van der Waals surface area contributed by atoms with E-state index in [9.17, 15) is 14.4 Å². The second-order valence-corrected chi connectivity index (χ2v) is 9.38. The average molecular weight is 470 g/mol. The highest BCUT2D eigenvalue weighted by Crippen LogP contribution is 2.34. The van der Waals surface area contributed by atoms with Crippen LogP contribution in [0, 0.1) is 0 Å². The maximum absolute atomic E-state index is 12.9. The fourth-order valence-corrected chi connectivity index (χ4v) is 5.50. The Morgan fingerprint density at radius 1 is 1.03 bits per heavy atom. The van der Waals surface area contributed by atoms with E-state index in [1.54, 1.807) is 0 Å². The normalized spacial score (nSPS) is 19.8. The number of amides is 4. The van der Waals surface area contributed by atoms with Crippen molar-refractivity contribution < 1.29 is 14.4 Å². The highest BCUT2D eigenvalue weighted by molar-refractivity contribution is 6.06. The number of urea groups is 1. The van der Waals surface area contributed by atoms with Crippen molar-refractivity contribution in [3.8, 4) is 0 Å². The number of carbonyl (C=O) groups excluding carboxylic acids is 3. The van der Waals surface area contributed by atoms with E-state index >= 15 is 0 Å². The van der Waals surface area contributed by atoms with Crippen LogP contribution >= 0.6 is 0 Å². The Hall–Kier alpha value is -4.07. The van der Waals surface area contributed by atoms with Gasteiger partial charge in [-0.2, -0.15) is 0 Å². The van der Waals surface area contributed by atoms with E-state index in [4.69, 9.17) is 0 Å². The van der Waals surface area contributed by atoms with E-state index in [0.29, 0.717) is 6.42 Å². The lowest BCUT2D eigenvalue weighted by atomic mass is 9.91. The van der Waals surface area contributed by atoms with Crippen LogP contribution < -0.4 is 10.6 Å². The quantitative estimate of drug-likeness (QED) is 0.323. The SMILES string of the molecule is O=C(C[C@@H]1NC(=O)N(CCc2c[nH]c3ccccc23)C1=O)N[C@@H]1CCCc2c1[nH]c1ccccc21. The molecule has 0 radical (unpaired) electrons. The van der Waals surface area contributed by atoms with Crippen LogP contribution in [-0.4, -0.2) is 45.3 Å². The Morgan fingerprint density at radius 3 is 2.66 bits per heavy atom. The van der Waals surface area contributed by atoms with Gasteiger partial charge in [-0.05, 0) is 48.9 Å². The van der Waals surface area contributed by atoms with Crippen LogP contribution in [-0.2, 0) is 22.4 Å². The third kappa shape index (κ3) is 3.84. The molecule has 3 heterocycles. The maximum atomic E-state index is 12.9. The number of aromatic amines is 2. The van der Waals surface area contributed by atoms with Crippen molar-refractivity contribution in [2.75, 3.05) is 6.54 Å². The van der Waals surface area contributed by atoms with Gasteiger partial charge in [0.1, 0.15) is 6.04 Å². The number of nitrogens with one attached hydrogen (secondary N) is 4. The van der Waals surface area contributed by atoms with Crippen LogP contribution in [0.1, 0.15) is 42.1 Å². The second-order valence-electron chi connectivity index (χ2n) is 9.38. The summed E-state index contributed by atoms with van der Waals surface area (Å²) in [4.78, 5) is 46.2. The Labute approximate surface area is 202 Å². The van der Waals surface area contributed by atoms with Gasteiger partial charge in [0, 0.05) is 40.2 Å². The molecule has 1 saturated heterocycles. The standard InChI is InChI=1S/C27H27N5O3/c33-24(29-22-11-5-8-19-18-7-2-4-10-21(18)30-25(19)22)14-23-26(34)32(27(35)31-23)13-12-16-15-28-20-9-3-1-6-17(16)20/h1-4,6-7,9-10,15,22-23,28,30H,5,8,11-14H2,(H,29,33)(H,31,35)/t22-,23+/m1/s1. The predicted molar refractivity (Wildman–Crippen MR) is 133 cm³/mol. The molecule has 1 fully saturated rings. The first-order chi connectivity index (χ1) is 17.1. The predicted octanol–water partition coefficient (Wildman–Crippen LogP) is 3.70. The van der Waals surface area contributed by atoms with Crippen molar-refractivity contribution in [2.24, 2.45) is 0 Å². The zero-order valence-corrected chi connectivity index (χ0v) is 19.3. The van der Waals surface area contributed by atoms with Gasteiger partial charge in [0.15, 0.2) is 0 Å². The molecule has 1 aliphatic carbocycles. The molecule has 1 aliphatic heterocycles. The number of H-pyrrole nitrogens is 2. The van der Waals surface area contributed by atoms with Crippen LogP contribution in [0.4, 0.5) is 4.79 Å². The van der Waals surface area contributed by atoms with E-state index in [-0.39, 0.29) is 30.8 Å². The van der Waals surface area contributed by atoms with Gasteiger partial charge in [0.25, 0.3) is 5.91 Å². The highest BCUT2D eigenvalue weighted by atomic mass is 16.2. The van der Waals surface area contributed by atoms with Crippen molar-refractivity contribution in [1.82, 2.24) is 25.5 Å². The average Bonchev–Trinajstić information content (AvgIpc) is 3.52. The summed E-state index contributed by atoms with van der Waals surface area (Å²) in [6, 6.07) is 14.7. The first-order valence-corrected chi connectivity index (χ1v) is 12.1. The van der Waals surface area contributed by atoms with Gasteiger partial charge in [0.2, 0.25) is 5.91 Å². The van der Waals surface area contributed by atoms with Crippen LogP contribution in [0.25, 0.3) is 21.8 Å². The summed E-state index contributed by atoms with van der Waals surface area (Å²) < 4.78 is 0. The Bertz CT molecular complexity index is 1450. The van der Waals surface area contributed by atoms with E-state index < -0.39 is 12.1 Å². The minimum atomic E-state index is -0.837. The van der Waals surface area contributed by atoms with Crippen molar-refractivity contribution in [1.29, 1.82) is 0 Å². The van der Waals surface area contributed by atoms with Crippen molar-refractivity contribution in [3.05, 3.63) is 71.5 Å². The van der Waals surface area contributed by atoms with Crippen molar-refractivity contribution >= 4 is 39.7 Å². The number of rotatable bonds is 6. The fourth-order valence-electron chi connectivity index (χ4n) is 5.50. The van der Waals surface area contributed by atoms with Gasteiger partial charge < -0.3 is 20.6 Å². The topological polar surface area (TPSA) is 110 Å². The van der Waals surface area contributed by atoms with Gasteiger partial charge in [-0.3, -0.25) is 14.5 Å². The van der Waals surface area contributed by atoms with E-state index in [1.807, 2.05) is 48.7 Å². The molecule has 8 nitrogen and oxygen atoms in total. The van der Waals surface area contributed by atoms with Crippen LogP contribution in [0.3, 0.4) is 0 Å². The molecule has 2 aromatic heterocycles. The number of carbonyl (C=O) groups is 3. The fraction of sp³-hybridized carbons (Fsp3) is 0.296. The lowest BCUT2D eigenvalue weighted by Crippen LogP contribution is -2.38. The zero-order valence-electron chi connectivity index (χ0n) is 19.3. The van der Waals surface area contributed by atoms with Crippen molar-refractivity contribution in [2.45, 2.75) is 44.2 Å². The number of fused-ring (bicyclic) bond motifs is 4. The van der Waals surface area contributed by atoms with Gasteiger partial charge in [0.05, 0.1) is 12.5 Å². The summed E-state index contributed by atoms with van der Waals surface area (Å²) in [5, 5.41) is 8.06. The molecule has 2 atom stereocenters. The number of hydrogen-bond acceptors (Lipinski definition) is 3. The number of hydrogen-bond donors (Lipinski definition) is 4. The smallest absolute Gasteiger partial charge is 0.324 e. The summed E-state index contributed by atoms with van der Waals surface area (Å²) in [5.74, 6) is -0.585. The number of nitrogens with zero attached hydrogens (tertiary/aromatic N) is 1. The molecule has 0 spiro atoms. The molecule has 4 aromatic rings. The summed E-state index contributed by atoms with van der Waals surface area (Å²) in [5.41, 5.74) is 5.45. The van der Waals surface area contributed by atoms with Crippen LogP contribution in [0.15, 0.2) is 54.7 Å². The first-order valence-electron chi connectivity index (χ1n) is 12.1. The van der Waals surface area contributed by atoms with Crippen molar-refractivity contribution in [3.63, 3.8) is 0 Å². The lowest BCUT2D eigenvalue weighted by Gasteiger charge is -2.24. The van der Waals surface area contributed by atoms with Gasteiger partial charge in [-0.1, -0.05) is 36.4 Å². The molecule has 35 heavy (non-hydrogen) atoms. The third-order valence-electron chi connectivity index (χ3n) is 7.23. The minimum Gasteiger partial charge on any atom is -0.361 e. The van der Waals surface area contributed by atoms with Gasteiger partial charge >= 0.3 is 6.03 Å². The zero-order chi connectivity index (χ0) is 23.9. The first kappa shape index (κ1) is 21.5. The molecule has 4 amide bonds.